The van der Waals surface area contributed by atoms with Crippen molar-refractivity contribution in [3.63, 3.8) is 0 Å². The average Bonchev–Trinajstić information content (AvgIpc) is 2.93. The summed E-state index contributed by atoms with van der Waals surface area (Å²) in [5.74, 6) is 1.15. The quantitative estimate of drug-likeness (QED) is 0.852. The van der Waals surface area contributed by atoms with E-state index in [0.717, 1.165) is 18.5 Å². The lowest BCUT2D eigenvalue weighted by molar-refractivity contribution is 0.137. The molecule has 0 aliphatic carbocycles. The highest BCUT2D eigenvalue weighted by atomic mass is 19.3. The minimum absolute atomic E-state index is 0.193. The molecule has 118 valence electrons. The van der Waals surface area contributed by atoms with Gasteiger partial charge in [-0.2, -0.15) is 0 Å². The van der Waals surface area contributed by atoms with Gasteiger partial charge in [0.25, 0.3) is 0 Å². The van der Waals surface area contributed by atoms with Crippen molar-refractivity contribution in [1.29, 1.82) is 0 Å². The molecule has 1 saturated heterocycles. The summed E-state index contributed by atoms with van der Waals surface area (Å²) in [6.07, 6.45) is 2.02. The van der Waals surface area contributed by atoms with Crippen LogP contribution >= 0.6 is 0 Å². The Hall–Kier alpha value is -2.02. The van der Waals surface area contributed by atoms with Gasteiger partial charge in [-0.05, 0) is 25.5 Å². The molecule has 1 aliphatic heterocycles. The Morgan fingerprint density at radius 2 is 2.23 bits per heavy atom. The van der Waals surface area contributed by atoms with Gasteiger partial charge in [-0.3, -0.25) is 4.98 Å². The van der Waals surface area contributed by atoms with Crippen LogP contribution < -0.4 is 10.1 Å². The lowest BCUT2D eigenvalue weighted by Crippen LogP contribution is -2.46. The van der Waals surface area contributed by atoms with E-state index in [0.29, 0.717) is 29.9 Å². The Labute approximate surface area is 126 Å². The highest BCUT2D eigenvalue weighted by molar-refractivity contribution is 5.57. The standard InChI is InChI=1S/C15H17F2N3O2/c16-15(17)2-1-11-6-14(22-20-11)10-5-13(8-18-7-10)21-9-12-3-4-19-12/h5-8,12,15,19H,1-4,9H2/t12-/m0/s1. The van der Waals surface area contributed by atoms with Crippen molar-refractivity contribution in [3.05, 3.63) is 30.2 Å². The third-order valence-corrected chi connectivity index (χ3v) is 3.55. The molecule has 2 aromatic heterocycles. The maximum absolute atomic E-state index is 12.2. The van der Waals surface area contributed by atoms with Crippen LogP contribution in [0.3, 0.4) is 0 Å². The van der Waals surface area contributed by atoms with Gasteiger partial charge in [-0.15, -0.1) is 0 Å². The first-order chi connectivity index (χ1) is 10.7. The third kappa shape index (κ3) is 3.79. The second-order valence-corrected chi connectivity index (χ2v) is 5.27. The normalized spacial score (nSPS) is 17.5. The predicted octanol–water partition coefficient (Wildman–Crippen LogP) is 2.67. The Kier molecular flexibility index (Phi) is 4.62. The SMILES string of the molecule is FC(F)CCc1cc(-c2cncc(OC[C@@H]3CCN3)c2)on1. The molecule has 1 aliphatic rings. The van der Waals surface area contributed by atoms with Crippen LogP contribution in [-0.4, -0.2) is 35.8 Å². The largest absolute Gasteiger partial charge is 0.490 e. The van der Waals surface area contributed by atoms with Crippen LogP contribution in [0.25, 0.3) is 11.3 Å². The molecule has 7 heteroatoms. The number of aryl methyl sites for hydroxylation is 1. The minimum Gasteiger partial charge on any atom is -0.490 e. The molecule has 1 N–H and O–H groups in total. The van der Waals surface area contributed by atoms with Crippen molar-refractivity contribution in [2.45, 2.75) is 31.7 Å². The summed E-state index contributed by atoms with van der Waals surface area (Å²) >= 11 is 0. The van der Waals surface area contributed by atoms with E-state index in [9.17, 15) is 8.78 Å². The molecule has 0 radical (unpaired) electrons. The fourth-order valence-corrected chi connectivity index (χ4v) is 2.14. The maximum Gasteiger partial charge on any atom is 0.239 e. The fraction of sp³-hybridized carbons (Fsp3) is 0.467. The van der Waals surface area contributed by atoms with Gasteiger partial charge in [0.1, 0.15) is 12.4 Å². The Morgan fingerprint density at radius 3 is 2.95 bits per heavy atom. The summed E-state index contributed by atoms with van der Waals surface area (Å²) in [5, 5.41) is 7.06. The van der Waals surface area contributed by atoms with Crippen LogP contribution in [0.5, 0.6) is 5.75 Å². The highest BCUT2D eigenvalue weighted by Gasteiger charge is 2.17. The summed E-state index contributed by atoms with van der Waals surface area (Å²) in [5.41, 5.74) is 1.23. The van der Waals surface area contributed by atoms with E-state index in [2.05, 4.69) is 15.5 Å². The number of halogens is 2. The molecule has 1 fully saturated rings. The monoisotopic (exact) mass is 309 g/mol. The molecule has 2 aromatic rings. The van der Waals surface area contributed by atoms with Crippen LogP contribution in [0.1, 0.15) is 18.5 Å². The predicted molar refractivity (Wildman–Crippen MR) is 76.0 cm³/mol. The van der Waals surface area contributed by atoms with E-state index in [1.165, 1.54) is 0 Å². The zero-order chi connectivity index (χ0) is 15.4. The zero-order valence-electron chi connectivity index (χ0n) is 12.0. The molecule has 0 spiro atoms. The molecule has 0 amide bonds. The van der Waals surface area contributed by atoms with Crippen LogP contribution in [0.15, 0.2) is 29.0 Å². The van der Waals surface area contributed by atoms with E-state index in [4.69, 9.17) is 9.26 Å². The summed E-state index contributed by atoms with van der Waals surface area (Å²) < 4.78 is 35.3. The van der Waals surface area contributed by atoms with Gasteiger partial charge in [0, 0.05) is 30.3 Å². The Morgan fingerprint density at radius 1 is 1.36 bits per heavy atom. The zero-order valence-corrected chi connectivity index (χ0v) is 12.0. The number of rotatable bonds is 7. The van der Waals surface area contributed by atoms with Gasteiger partial charge in [0.05, 0.1) is 11.9 Å². The number of pyridine rings is 1. The molecular weight excluding hydrogens is 292 g/mol. The topological polar surface area (TPSA) is 60.2 Å². The fourth-order valence-electron chi connectivity index (χ4n) is 2.14. The van der Waals surface area contributed by atoms with Crippen molar-refractivity contribution in [2.24, 2.45) is 0 Å². The van der Waals surface area contributed by atoms with E-state index in [-0.39, 0.29) is 12.8 Å². The van der Waals surface area contributed by atoms with E-state index in [1.807, 2.05) is 6.07 Å². The second-order valence-electron chi connectivity index (χ2n) is 5.27. The molecule has 0 unspecified atom stereocenters. The van der Waals surface area contributed by atoms with Gasteiger partial charge in [0.15, 0.2) is 5.76 Å². The highest BCUT2D eigenvalue weighted by Crippen LogP contribution is 2.24. The van der Waals surface area contributed by atoms with Crippen LogP contribution in [-0.2, 0) is 6.42 Å². The lowest BCUT2D eigenvalue weighted by atomic mass is 10.1. The summed E-state index contributed by atoms with van der Waals surface area (Å²) in [6.45, 7) is 1.63. The first kappa shape index (κ1) is 14.9. The van der Waals surface area contributed by atoms with E-state index < -0.39 is 6.43 Å². The molecule has 22 heavy (non-hydrogen) atoms. The number of nitrogens with one attached hydrogen (secondary N) is 1. The molecule has 0 bridgehead atoms. The van der Waals surface area contributed by atoms with Crippen LogP contribution in [0.2, 0.25) is 0 Å². The van der Waals surface area contributed by atoms with Crippen LogP contribution in [0, 0.1) is 0 Å². The van der Waals surface area contributed by atoms with Gasteiger partial charge in [-0.1, -0.05) is 5.16 Å². The maximum atomic E-state index is 12.2. The number of hydrogen-bond donors (Lipinski definition) is 1. The van der Waals surface area contributed by atoms with Crippen LogP contribution in [0.4, 0.5) is 8.78 Å². The van der Waals surface area contributed by atoms with Crippen molar-refractivity contribution in [1.82, 2.24) is 15.5 Å². The summed E-state index contributed by atoms with van der Waals surface area (Å²) in [4.78, 5) is 4.11. The smallest absolute Gasteiger partial charge is 0.239 e. The number of ether oxygens (including phenoxy) is 1. The van der Waals surface area contributed by atoms with Gasteiger partial charge in [-0.25, -0.2) is 8.78 Å². The van der Waals surface area contributed by atoms with Crippen molar-refractivity contribution in [2.75, 3.05) is 13.2 Å². The van der Waals surface area contributed by atoms with E-state index in [1.54, 1.807) is 18.5 Å². The first-order valence-corrected chi connectivity index (χ1v) is 7.26. The number of aromatic nitrogens is 2. The van der Waals surface area contributed by atoms with Gasteiger partial charge < -0.3 is 14.6 Å². The Bertz CT molecular complexity index is 614. The lowest BCUT2D eigenvalue weighted by Gasteiger charge is -2.27. The van der Waals surface area contributed by atoms with Gasteiger partial charge >= 0.3 is 0 Å². The van der Waals surface area contributed by atoms with Crippen molar-refractivity contribution < 1.29 is 18.0 Å². The molecule has 3 rings (SSSR count). The van der Waals surface area contributed by atoms with Crippen molar-refractivity contribution >= 4 is 0 Å². The summed E-state index contributed by atoms with van der Waals surface area (Å²) in [7, 11) is 0. The average molecular weight is 309 g/mol. The van der Waals surface area contributed by atoms with E-state index >= 15 is 0 Å². The second kappa shape index (κ2) is 6.83. The summed E-state index contributed by atoms with van der Waals surface area (Å²) in [6, 6.07) is 3.87. The van der Waals surface area contributed by atoms with Crippen molar-refractivity contribution in [3.8, 4) is 17.1 Å². The number of alkyl halides is 2. The molecule has 5 nitrogen and oxygen atoms in total. The minimum atomic E-state index is -2.33. The van der Waals surface area contributed by atoms with Gasteiger partial charge in [0.2, 0.25) is 6.43 Å². The number of nitrogens with zero attached hydrogens (tertiary/aromatic N) is 2. The molecular formula is C15H17F2N3O2. The molecule has 3 heterocycles. The first-order valence-electron chi connectivity index (χ1n) is 7.26. The Balaban J connectivity index is 1.63. The molecule has 1 atom stereocenters. The third-order valence-electron chi connectivity index (χ3n) is 3.55. The molecule has 0 aromatic carbocycles. The molecule has 0 saturated carbocycles. The number of hydrogen-bond acceptors (Lipinski definition) is 5.